The number of aliphatic hydroxyl groups excluding tert-OH is 1. The molecule has 0 saturated carbocycles. The number of hydrogen-bond acceptors (Lipinski definition) is 5. The highest BCUT2D eigenvalue weighted by Gasteiger charge is 2.17. The van der Waals surface area contributed by atoms with Crippen molar-refractivity contribution in [1.29, 1.82) is 0 Å². The normalized spacial score (nSPS) is 12.5. The highest BCUT2D eigenvalue weighted by atomic mass is 32.2. The molecule has 0 bridgehead atoms. The van der Waals surface area contributed by atoms with Gasteiger partial charge in [-0.1, -0.05) is 11.8 Å². The number of ether oxygens (including phenoxy) is 1. The van der Waals surface area contributed by atoms with Crippen LogP contribution >= 0.6 is 11.8 Å². The Morgan fingerprint density at radius 3 is 2.93 bits per heavy atom. The second-order valence-electron chi connectivity index (χ2n) is 3.03. The fourth-order valence-electron chi connectivity index (χ4n) is 1.05. The zero-order chi connectivity index (χ0) is 11.4. The predicted molar refractivity (Wildman–Crippen MR) is 56.5 cm³/mol. The molecule has 0 aliphatic carbocycles. The van der Waals surface area contributed by atoms with E-state index in [0.29, 0.717) is 5.16 Å². The largest absolute Gasteiger partial charge is 0.468 e. The first kappa shape index (κ1) is 12.1. The summed E-state index contributed by atoms with van der Waals surface area (Å²) in [6.45, 7) is 1.69. The minimum atomic E-state index is -0.303. The first-order valence-electron chi connectivity index (χ1n) is 4.46. The fraction of sp³-hybridized carbons (Fsp3) is 0.556. The molecule has 0 saturated heterocycles. The van der Waals surface area contributed by atoms with Gasteiger partial charge in [-0.05, 0) is 6.92 Å². The lowest BCUT2D eigenvalue weighted by atomic mass is 10.5. The topological polar surface area (TPSA) is 64.3 Å². The van der Waals surface area contributed by atoms with Crippen molar-refractivity contribution in [2.24, 2.45) is 7.05 Å². The average molecular weight is 230 g/mol. The van der Waals surface area contributed by atoms with Crippen LogP contribution in [0.4, 0.5) is 0 Å². The molecule has 0 amide bonds. The van der Waals surface area contributed by atoms with Crippen LogP contribution in [0.2, 0.25) is 0 Å². The van der Waals surface area contributed by atoms with E-state index in [4.69, 9.17) is 5.11 Å². The number of thioether (sulfide) groups is 1. The second kappa shape index (κ2) is 5.18. The lowest BCUT2D eigenvalue weighted by Gasteiger charge is -2.08. The molecule has 1 aromatic rings. The van der Waals surface area contributed by atoms with Crippen molar-refractivity contribution in [1.82, 2.24) is 9.55 Å². The second-order valence-corrected chi connectivity index (χ2v) is 4.34. The third kappa shape index (κ3) is 2.73. The van der Waals surface area contributed by atoms with E-state index < -0.39 is 0 Å². The van der Waals surface area contributed by atoms with Gasteiger partial charge < -0.3 is 14.4 Å². The smallest absolute Gasteiger partial charge is 0.318 e. The lowest BCUT2D eigenvalue weighted by Crippen LogP contribution is -2.15. The Kier molecular flexibility index (Phi) is 4.16. The van der Waals surface area contributed by atoms with E-state index in [9.17, 15) is 4.79 Å². The zero-order valence-electron chi connectivity index (χ0n) is 8.93. The standard InChI is InChI=1S/C9H14N2O3S/c1-6(8(13)14-3)15-9-10-4-7(5-12)11(9)2/h4,6,12H,5H2,1-3H3. The number of rotatable bonds is 4. The summed E-state index contributed by atoms with van der Waals surface area (Å²) in [5.41, 5.74) is 0.717. The van der Waals surface area contributed by atoms with Crippen molar-refractivity contribution < 1.29 is 14.6 Å². The third-order valence-corrected chi connectivity index (χ3v) is 3.16. The summed E-state index contributed by atoms with van der Waals surface area (Å²) in [4.78, 5) is 15.3. The molecule has 0 aliphatic heterocycles. The van der Waals surface area contributed by atoms with Gasteiger partial charge in [-0.2, -0.15) is 0 Å². The Balaban J connectivity index is 2.72. The Hall–Kier alpha value is -1.01. The monoisotopic (exact) mass is 230 g/mol. The summed E-state index contributed by atoms with van der Waals surface area (Å²) in [6.07, 6.45) is 1.59. The third-order valence-electron chi connectivity index (χ3n) is 2.02. The van der Waals surface area contributed by atoms with Crippen LogP contribution in [0, 0.1) is 0 Å². The Morgan fingerprint density at radius 2 is 2.47 bits per heavy atom. The van der Waals surface area contributed by atoms with E-state index in [-0.39, 0.29) is 17.8 Å². The van der Waals surface area contributed by atoms with Crippen molar-refractivity contribution in [2.75, 3.05) is 7.11 Å². The summed E-state index contributed by atoms with van der Waals surface area (Å²) in [5.74, 6) is -0.284. The summed E-state index contributed by atoms with van der Waals surface area (Å²) >= 11 is 1.31. The molecule has 0 spiro atoms. The number of aliphatic hydroxyl groups is 1. The zero-order valence-corrected chi connectivity index (χ0v) is 9.74. The van der Waals surface area contributed by atoms with Gasteiger partial charge in [0.2, 0.25) is 0 Å². The number of aromatic nitrogens is 2. The minimum absolute atomic E-state index is 0.0589. The molecule has 0 aromatic carbocycles. The van der Waals surface area contributed by atoms with Crippen LogP contribution in [0.25, 0.3) is 0 Å². The highest BCUT2D eigenvalue weighted by Crippen LogP contribution is 2.22. The number of carbonyl (C=O) groups is 1. The molecule has 5 nitrogen and oxygen atoms in total. The minimum Gasteiger partial charge on any atom is -0.468 e. The van der Waals surface area contributed by atoms with Gasteiger partial charge in [-0.25, -0.2) is 4.98 Å². The summed E-state index contributed by atoms with van der Waals surface area (Å²) in [7, 11) is 3.15. The van der Waals surface area contributed by atoms with E-state index in [0.717, 1.165) is 5.69 Å². The number of carbonyl (C=O) groups excluding carboxylic acids is 1. The van der Waals surface area contributed by atoms with Gasteiger partial charge in [0.05, 0.1) is 25.6 Å². The number of methoxy groups -OCH3 is 1. The van der Waals surface area contributed by atoms with Crippen molar-refractivity contribution >= 4 is 17.7 Å². The van der Waals surface area contributed by atoms with Crippen molar-refractivity contribution in [3.8, 4) is 0 Å². The fourth-order valence-corrected chi connectivity index (χ4v) is 1.95. The predicted octanol–water partition coefficient (Wildman–Crippen LogP) is 0.566. The molecule has 0 radical (unpaired) electrons. The van der Waals surface area contributed by atoms with Gasteiger partial charge in [-0.15, -0.1) is 0 Å². The molecule has 1 unspecified atom stereocenters. The number of imidazole rings is 1. The first-order chi connectivity index (χ1) is 7.10. The lowest BCUT2D eigenvalue weighted by molar-refractivity contribution is -0.139. The number of nitrogens with zero attached hydrogens (tertiary/aromatic N) is 2. The van der Waals surface area contributed by atoms with E-state index >= 15 is 0 Å². The van der Waals surface area contributed by atoms with Gasteiger partial charge in [0, 0.05) is 7.05 Å². The maximum Gasteiger partial charge on any atom is 0.318 e. The maximum absolute atomic E-state index is 11.2. The van der Waals surface area contributed by atoms with Crippen LogP contribution in [-0.4, -0.2) is 33.0 Å². The molecule has 1 aromatic heterocycles. The number of hydrogen-bond donors (Lipinski definition) is 1. The van der Waals surface area contributed by atoms with Crippen LogP contribution in [0.1, 0.15) is 12.6 Å². The summed E-state index contributed by atoms with van der Waals surface area (Å²) < 4.78 is 6.37. The van der Waals surface area contributed by atoms with Crippen LogP contribution < -0.4 is 0 Å². The van der Waals surface area contributed by atoms with Gasteiger partial charge in [0.15, 0.2) is 5.16 Å². The quantitative estimate of drug-likeness (QED) is 0.605. The van der Waals surface area contributed by atoms with E-state index in [1.165, 1.54) is 18.9 Å². The molecular formula is C9H14N2O3S. The van der Waals surface area contributed by atoms with Gasteiger partial charge in [-0.3, -0.25) is 4.79 Å². The molecule has 1 N–H and O–H groups in total. The van der Waals surface area contributed by atoms with Crippen molar-refractivity contribution in [2.45, 2.75) is 23.9 Å². The SMILES string of the molecule is COC(=O)C(C)Sc1ncc(CO)n1C. The Labute approximate surface area is 92.5 Å². The molecule has 1 heterocycles. The van der Waals surface area contributed by atoms with Crippen molar-refractivity contribution in [3.63, 3.8) is 0 Å². The van der Waals surface area contributed by atoms with Crippen LogP contribution in [-0.2, 0) is 23.2 Å². The molecule has 84 valence electrons. The van der Waals surface area contributed by atoms with Gasteiger partial charge >= 0.3 is 5.97 Å². The first-order valence-corrected chi connectivity index (χ1v) is 5.34. The highest BCUT2D eigenvalue weighted by molar-refractivity contribution is 8.00. The molecule has 1 atom stereocenters. The van der Waals surface area contributed by atoms with Gasteiger partial charge in [0.25, 0.3) is 0 Å². The molecular weight excluding hydrogens is 216 g/mol. The number of esters is 1. The Bertz CT molecular complexity index is 351. The molecule has 15 heavy (non-hydrogen) atoms. The van der Waals surface area contributed by atoms with Crippen molar-refractivity contribution in [3.05, 3.63) is 11.9 Å². The van der Waals surface area contributed by atoms with Gasteiger partial charge in [0.1, 0.15) is 5.25 Å². The summed E-state index contributed by atoms with van der Waals surface area (Å²) in [5, 5.41) is 9.35. The van der Waals surface area contributed by atoms with E-state index in [1.54, 1.807) is 24.7 Å². The average Bonchev–Trinajstić information content (AvgIpc) is 2.58. The Morgan fingerprint density at radius 1 is 1.80 bits per heavy atom. The maximum atomic E-state index is 11.2. The molecule has 6 heteroatoms. The van der Waals surface area contributed by atoms with Crippen LogP contribution in [0.15, 0.2) is 11.4 Å². The molecule has 1 rings (SSSR count). The summed E-state index contributed by atoms with van der Waals surface area (Å²) in [6, 6.07) is 0. The van der Waals surface area contributed by atoms with Crippen LogP contribution in [0.3, 0.4) is 0 Å². The van der Waals surface area contributed by atoms with E-state index in [2.05, 4.69) is 9.72 Å². The molecule has 0 fully saturated rings. The molecule has 0 aliphatic rings. The van der Waals surface area contributed by atoms with E-state index in [1.807, 2.05) is 0 Å². The van der Waals surface area contributed by atoms with Crippen LogP contribution in [0.5, 0.6) is 0 Å².